The van der Waals surface area contributed by atoms with E-state index in [0.717, 1.165) is 29.8 Å². The Balaban J connectivity index is 1.65. The first-order valence-electron chi connectivity index (χ1n) is 8.68. The number of carbonyl (C=O) groups is 1. The van der Waals surface area contributed by atoms with Crippen molar-refractivity contribution < 1.29 is 4.79 Å². The third kappa shape index (κ3) is 5.17. The molecule has 0 saturated heterocycles. The van der Waals surface area contributed by atoms with Gasteiger partial charge in [-0.15, -0.1) is 0 Å². The van der Waals surface area contributed by atoms with Crippen molar-refractivity contribution in [2.75, 3.05) is 11.9 Å². The predicted molar refractivity (Wildman–Crippen MR) is 102 cm³/mol. The number of carbonyl (C=O) groups excluding carboxylic acids is 1. The molecule has 0 aliphatic carbocycles. The van der Waals surface area contributed by atoms with Gasteiger partial charge in [0.1, 0.15) is 0 Å². The molecule has 0 saturated carbocycles. The summed E-state index contributed by atoms with van der Waals surface area (Å²) in [5, 5.41) is 3.00. The van der Waals surface area contributed by atoms with Crippen LogP contribution >= 0.6 is 0 Å². The average molecular weight is 349 g/mol. The Morgan fingerprint density at radius 3 is 2.73 bits per heavy atom. The second-order valence-corrected chi connectivity index (χ2v) is 6.23. The minimum absolute atomic E-state index is 0.0990. The summed E-state index contributed by atoms with van der Waals surface area (Å²) < 4.78 is 2.02. The Hall–Kier alpha value is -3.15. The molecule has 0 aliphatic heterocycles. The molecule has 2 aromatic heterocycles. The summed E-state index contributed by atoms with van der Waals surface area (Å²) in [4.78, 5) is 22.7. The first-order chi connectivity index (χ1) is 12.7. The minimum atomic E-state index is -0.0990. The Labute approximate surface area is 153 Å². The number of anilines is 1. The van der Waals surface area contributed by atoms with Gasteiger partial charge in [0, 0.05) is 50.1 Å². The molecular formula is C20H23N5O. The fourth-order valence-corrected chi connectivity index (χ4v) is 2.75. The number of amides is 2. The van der Waals surface area contributed by atoms with E-state index in [2.05, 4.69) is 15.3 Å². The van der Waals surface area contributed by atoms with Crippen LogP contribution < -0.4 is 5.32 Å². The summed E-state index contributed by atoms with van der Waals surface area (Å²) in [6, 6.07) is 11.6. The predicted octanol–water partition coefficient (Wildman–Crippen LogP) is 3.71. The second-order valence-electron chi connectivity index (χ2n) is 6.23. The molecule has 0 spiro atoms. The molecule has 2 amide bonds. The quantitative estimate of drug-likeness (QED) is 0.707. The number of hydrogen-bond donors (Lipinski definition) is 1. The van der Waals surface area contributed by atoms with Gasteiger partial charge in [-0.05, 0) is 48.7 Å². The summed E-state index contributed by atoms with van der Waals surface area (Å²) >= 11 is 0. The van der Waals surface area contributed by atoms with E-state index in [9.17, 15) is 4.79 Å². The van der Waals surface area contributed by atoms with Crippen LogP contribution in [0.25, 0.3) is 0 Å². The van der Waals surface area contributed by atoms with E-state index in [0.29, 0.717) is 13.1 Å². The molecular weight excluding hydrogens is 326 g/mol. The molecule has 134 valence electrons. The highest BCUT2D eigenvalue weighted by molar-refractivity contribution is 5.89. The third-order valence-electron chi connectivity index (χ3n) is 4.08. The first-order valence-corrected chi connectivity index (χ1v) is 8.68. The average Bonchev–Trinajstić information content (AvgIpc) is 3.15. The molecule has 6 nitrogen and oxygen atoms in total. The van der Waals surface area contributed by atoms with E-state index in [1.54, 1.807) is 24.9 Å². The van der Waals surface area contributed by atoms with Gasteiger partial charge in [-0.1, -0.05) is 12.1 Å². The summed E-state index contributed by atoms with van der Waals surface area (Å²) in [5.74, 6) is 0. The Morgan fingerprint density at radius 1 is 1.15 bits per heavy atom. The number of urea groups is 1. The summed E-state index contributed by atoms with van der Waals surface area (Å²) in [7, 11) is 0. The molecule has 1 aromatic carbocycles. The van der Waals surface area contributed by atoms with E-state index < -0.39 is 0 Å². The summed E-state index contributed by atoms with van der Waals surface area (Å²) in [6.45, 7) is 4.03. The van der Waals surface area contributed by atoms with Crippen LogP contribution in [0.1, 0.15) is 17.5 Å². The van der Waals surface area contributed by atoms with Crippen molar-refractivity contribution in [3.63, 3.8) is 0 Å². The van der Waals surface area contributed by atoms with Crippen molar-refractivity contribution in [3.05, 3.63) is 78.6 Å². The zero-order valence-electron chi connectivity index (χ0n) is 14.9. The maximum atomic E-state index is 12.8. The number of rotatable bonds is 7. The standard InChI is InChI=1S/C20H23N5O/c1-17-4-2-5-19(14-17)23-20(26)25(15-18-6-8-21-9-7-18)12-3-11-24-13-10-22-16-24/h2,4-10,13-14,16H,3,11-12,15H2,1H3,(H,23,26). The van der Waals surface area contributed by atoms with Crippen LogP contribution in [0.2, 0.25) is 0 Å². The van der Waals surface area contributed by atoms with E-state index >= 15 is 0 Å². The van der Waals surface area contributed by atoms with Crippen LogP contribution in [-0.4, -0.2) is 32.0 Å². The fraction of sp³-hybridized carbons (Fsp3) is 0.250. The molecule has 0 aliphatic rings. The Morgan fingerprint density at radius 2 is 2.00 bits per heavy atom. The van der Waals surface area contributed by atoms with Crippen molar-refractivity contribution in [2.45, 2.75) is 26.4 Å². The zero-order chi connectivity index (χ0) is 18.2. The molecule has 0 radical (unpaired) electrons. The zero-order valence-corrected chi connectivity index (χ0v) is 14.9. The van der Waals surface area contributed by atoms with E-state index in [1.165, 1.54) is 0 Å². The van der Waals surface area contributed by atoms with Crippen LogP contribution in [-0.2, 0) is 13.1 Å². The number of nitrogens with zero attached hydrogens (tertiary/aromatic N) is 4. The number of hydrogen-bond acceptors (Lipinski definition) is 3. The van der Waals surface area contributed by atoms with Crippen LogP contribution in [0.15, 0.2) is 67.5 Å². The van der Waals surface area contributed by atoms with Crippen LogP contribution in [0, 0.1) is 6.92 Å². The maximum absolute atomic E-state index is 12.8. The topological polar surface area (TPSA) is 63.1 Å². The van der Waals surface area contributed by atoms with Crippen molar-refractivity contribution in [1.82, 2.24) is 19.4 Å². The SMILES string of the molecule is Cc1cccc(NC(=O)N(CCCn2ccnc2)Cc2ccncc2)c1. The van der Waals surface area contributed by atoms with Gasteiger partial charge in [-0.25, -0.2) is 9.78 Å². The van der Waals surface area contributed by atoms with Crippen LogP contribution in [0.3, 0.4) is 0 Å². The van der Waals surface area contributed by atoms with Crippen molar-refractivity contribution in [1.29, 1.82) is 0 Å². The van der Waals surface area contributed by atoms with Gasteiger partial charge in [0.15, 0.2) is 0 Å². The highest BCUT2D eigenvalue weighted by Crippen LogP contribution is 2.12. The number of nitrogens with one attached hydrogen (secondary N) is 1. The highest BCUT2D eigenvalue weighted by atomic mass is 16.2. The highest BCUT2D eigenvalue weighted by Gasteiger charge is 2.14. The molecule has 0 fully saturated rings. The van der Waals surface area contributed by atoms with E-state index in [-0.39, 0.29) is 6.03 Å². The lowest BCUT2D eigenvalue weighted by atomic mass is 10.2. The lowest BCUT2D eigenvalue weighted by molar-refractivity contribution is 0.207. The van der Waals surface area contributed by atoms with Gasteiger partial charge < -0.3 is 14.8 Å². The molecule has 6 heteroatoms. The molecule has 1 N–H and O–H groups in total. The Bertz CT molecular complexity index is 817. The number of pyridine rings is 1. The van der Waals surface area contributed by atoms with Crippen LogP contribution in [0.4, 0.5) is 10.5 Å². The maximum Gasteiger partial charge on any atom is 0.322 e. The number of imidazole rings is 1. The van der Waals surface area contributed by atoms with Crippen molar-refractivity contribution in [3.8, 4) is 0 Å². The molecule has 3 rings (SSSR count). The molecule has 3 aromatic rings. The summed E-state index contributed by atoms with van der Waals surface area (Å²) in [6.07, 6.45) is 9.83. The number of benzene rings is 1. The summed E-state index contributed by atoms with van der Waals surface area (Å²) in [5.41, 5.74) is 2.98. The van der Waals surface area contributed by atoms with Gasteiger partial charge in [0.25, 0.3) is 0 Å². The van der Waals surface area contributed by atoms with Crippen molar-refractivity contribution in [2.24, 2.45) is 0 Å². The van der Waals surface area contributed by atoms with Crippen LogP contribution in [0.5, 0.6) is 0 Å². The van der Waals surface area contributed by atoms with Crippen molar-refractivity contribution >= 4 is 11.7 Å². The first kappa shape index (κ1) is 17.7. The van der Waals surface area contributed by atoms with E-state index in [4.69, 9.17) is 0 Å². The number of aromatic nitrogens is 3. The Kier molecular flexibility index (Phi) is 5.98. The van der Waals surface area contributed by atoms with Gasteiger partial charge in [-0.3, -0.25) is 4.98 Å². The molecule has 2 heterocycles. The largest absolute Gasteiger partial charge is 0.337 e. The van der Waals surface area contributed by atoms with Gasteiger partial charge in [0.2, 0.25) is 0 Å². The minimum Gasteiger partial charge on any atom is -0.337 e. The third-order valence-corrected chi connectivity index (χ3v) is 4.08. The van der Waals surface area contributed by atoms with Gasteiger partial charge in [0.05, 0.1) is 6.33 Å². The lowest BCUT2D eigenvalue weighted by Crippen LogP contribution is -2.35. The monoisotopic (exact) mass is 349 g/mol. The lowest BCUT2D eigenvalue weighted by Gasteiger charge is -2.23. The van der Waals surface area contributed by atoms with Gasteiger partial charge in [-0.2, -0.15) is 0 Å². The molecule has 0 unspecified atom stereocenters. The second kappa shape index (κ2) is 8.80. The molecule has 26 heavy (non-hydrogen) atoms. The normalized spacial score (nSPS) is 10.5. The smallest absolute Gasteiger partial charge is 0.322 e. The number of aryl methyl sites for hydroxylation is 2. The fourth-order valence-electron chi connectivity index (χ4n) is 2.75. The molecule has 0 bridgehead atoms. The van der Waals surface area contributed by atoms with Gasteiger partial charge >= 0.3 is 6.03 Å². The van der Waals surface area contributed by atoms with E-state index in [1.807, 2.05) is 59.0 Å². The molecule has 0 atom stereocenters.